The van der Waals surface area contributed by atoms with Crippen molar-refractivity contribution >= 4 is 11.6 Å². The number of hydrogen-bond acceptors (Lipinski definition) is 3. The van der Waals surface area contributed by atoms with Gasteiger partial charge in [0, 0.05) is 11.8 Å². The number of nitrogens with one attached hydrogen (secondary N) is 2. The summed E-state index contributed by atoms with van der Waals surface area (Å²) in [5.74, 6) is -0.389. The van der Waals surface area contributed by atoms with Crippen LogP contribution in [0.2, 0.25) is 0 Å². The number of halogens is 1. The summed E-state index contributed by atoms with van der Waals surface area (Å²) in [6, 6.07) is 4.22. The molecule has 0 saturated carbocycles. The van der Waals surface area contributed by atoms with Gasteiger partial charge in [-0.25, -0.2) is 4.39 Å². The van der Waals surface area contributed by atoms with Crippen LogP contribution in [0.3, 0.4) is 0 Å². The fourth-order valence-corrected chi connectivity index (χ4v) is 2.72. The van der Waals surface area contributed by atoms with Crippen LogP contribution in [-0.4, -0.2) is 25.1 Å². The number of anilines is 1. The molecular formula is C16H23FN2O2. The highest BCUT2D eigenvalue weighted by atomic mass is 19.1. The first kappa shape index (κ1) is 15.8. The molecule has 1 amide bonds. The Balaban J connectivity index is 2.07. The third-order valence-corrected chi connectivity index (χ3v) is 3.89. The lowest BCUT2D eigenvalue weighted by molar-refractivity contribution is -0.121. The number of carbonyl (C=O) groups excluding carboxylic acids is 1. The van der Waals surface area contributed by atoms with E-state index in [1.54, 1.807) is 13.0 Å². The van der Waals surface area contributed by atoms with Gasteiger partial charge in [-0.1, -0.05) is 13.8 Å². The molecule has 4 nitrogen and oxygen atoms in total. The maximum Gasteiger partial charge on any atom is 0.242 e. The molecule has 0 radical (unpaired) electrons. The zero-order chi connectivity index (χ0) is 15.5. The van der Waals surface area contributed by atoms with Gasteiger partial charge in [0.2, 0.25) is 5.91 Å². The van der Waals surface area contributed by atoms with E-state index in [1.165, 1.54) is 12.1 Å². The number of carbonyl (C=O) groups is 1. The molecule has 1 fully saturated rings. The fraction of sp³-hybridized carbons (Fsp3) is 0.562. The Hall–Kier alpha value is -1.62. The van der Waals surface area contributed by atoms with E-state index in [2.05, 4.69) is 24.5 Å². The van der Waals surface area contributed by atoms with Crippen molar-refractivity contribution in [2.75, 3.05) is 18.5 Å². The van der Waals surface area contributed by atoms with Crippen LogP contribution in [0.1, 0.15) is 33.6 Å². The van der Waals surface area contributed by atoms with Gasteiger partial charge in [0.1, 0.15) is 0 Å². The smallest absolute Gasteiger partial charge is 0.242 e. The third-order valence-electron chi connectivity index (χ3n) is 3.89. The number of rotatable bonds is 4. The van der Waals surface area contributed by atoms with Crippen LogP contribution in [-0.2, 0) is 4.79 Å². The van der Waals surface area contributed by atoms with Crippen molar-refractivity contribution in [1.82, 2.24) is 5.32 Å². The summed E-state index contributed by atoms with van der Waals surface area (Å²) < 4.78 is 18.9. The van der Waals surface area contributed by atoms with E-state index in [-0.39, 0.29) is 23.1 Å². The van der Waals surface area contributed by atoms with E-state index >= 15 is 0 Å². The molecule has 1 aromatic rings. The average molecular weight is 294 g/mol. The highest BCUT2D eigenvalue weighted by Gasteiger charge is 2.37. The predicted molar refractivity (Wildman–Crippen MR) is 81.0 cm³/mol. The third kappa shape index (κ3) is 3.73. The minimum atomic E-state index is -0.467. The summed E-state index contributed by atoms with van der Waals surface area (Å²) in [6.07, 6.45) is 2.06. The van der Waals surface area contributed by atoms with Crippen molar-refractivity contribution in [3.63, 3.8) is 0 Å². The molecule has 1 heterocycles. The Morgan fingerprint density at radius 3 is 2.90 bits per heavy atom. The molecule has 116 valence electrons. The summed E-state index contributed by atoms with van der Waals surface area (Å²) in [5, 5.41) is 6.03. The minimum Gasteiger partial charge on any atom is -0.491 e. The largest absolute Gasteiger partial charge is 0.491 e. The first-order valence-electron chi connectivity index (χ1n) is 7.40. The van der Waals surface area contributed by atoms with E-state index in [0.717, 1.165) is 19.4 Å². The quantitative estimate of drug-likeness (QED) is 0.897. The van der Waals surface area contributed by atoms with E-state index in [0.29, 0.717) is 12.3 Å². The van der Waals surface area contributed by atoms with Gasteiger partial charge < -0.3 is 15.4 Å². The maximum absolute atomic E-state index is 13.8. The molecule has 1 aliphatic rings. The Morgan fingerprint density at radius 1 is 1.52 bits per heavy atom. The first-order valence-corrected chi connectivity index (χ1v) is 7.40. The van der Waals surface area contributed by atoms with Crippen LogP contribution in [0, 0.1) is 11.2 Å². The van der Waals surface area contributed by atoms with Gasteiger partial charge in [-0.05, 0) is 43.9 Å². The predicted octanol–water partition coefficient (Wildman–Crippen LogP) is 2.94. The first-order chi connectivity index (χ1) is 9.94. The fourth-order valence-electron chi connectivity index (χ4n) is 2.72. The normalized spacial score (nSPS) is 20.9. The molecule has 0 aliphatic carbocycles. The van der Waals surface area contributed by atoms with Gasteiger partial charge in [0.25, 0.3) is 0 Å². The van der Waals surface area contributed by atoms with Gasteiger partial charge in [0.05, 0.1) is 12.6 Å². The zero-order valence-corrected chi connectivity index (χ0v) is 12.8. The van der Waals surface area contributed by atoms with E-state index in [1.807, 2.05) is 0 Å². The van der Waals surface area contributed by atoms with Crippen molar-refractivity contribution in [2.24, 2.45) is 5.41 Å². The van der Waals surface area contributed by atoms with Crippen LogP contribution < -0.4 is 15.4 Å². The molecule has 1 saturated heterocycles. The summed E-state index contributed by atoms with van der Waals surface area (Å²) in [5.41, 5.74) is 0.343. The number of hydrogen-bond donors (Lipinski definition) is 2. The molecule has 2 N–H and O–H groups in total. The summed E-state index contributed by atoms with van der Waals surface area (Å²) in [7, 11) is 0. The second-order valence-corrected chi connectivity index (χ2v) is 6.05. The minimum absolute atomic E-state index is 0.105. The molecule has 2 rings (SSSR count). The number of amides is 1. The van der Waals surface area contributed by atoms with Crippen LogP contribution in [0.4, 0.5) is 10.1 Å². The molecule has 0 spiro atoms. The van der Waals surface area contributed by atoms with E-state index in [9.17, 15) is 9.18 Å². The zero-order valence-electron chi connectivity index (χ0n) is 12.8. The van der Waals surface area contributed by atoms with Gasteiger partial charge in [0.15, 0.2) is 11.6 Å². The Bertz CT molecular complexity index is 517. The number of benzene rings is 1. The summed E-state index contributed by atoms with van der Waals surface area (Å²) in [6.45, 7) is 7.18. The van der Waals surface area contributed by atoms with Crippen molar-refractivity contribution in [3.05, 3.63) is 24.0 Å². The molecule has 0 bridgehead atoms. The monoisotopic (exact) mass is 294 g/mol. The lowest BCUT2D eigenvalue weighted by Crippen LogP contribution is -2.53. The molecular weight excluding hydrogens is 271 g/mol. The van der Waals surface area contributed by atoms with Gasteiger partial charge in [-0.15, -0.1) is 0 Å². The highest BCUT2D eigenvalue weighted by Crippen LogP contribution is 2.31. The number of ether oxygens (including phenoxy) is 1. The Labute approximate surface area is 125 Å². The van der Waals surface area contributed by atoms with Crippen molar-refractivity contribution < 1.29 is 13.9 Å². The topological polar surface area (TPSA) is 50.4 Å². The van der Waals surface area contributed by atoms with Gasteiger partial charge in [-0.3, -0.25) is 4.79 Å². The molecule has 1 aromatic carbocycles. The van der Waals surface area contributed by atoms with E-state index < -0.39 is 5.82 Å². The van der Waals surface area contributed by atoms with Crippen LogP contribution in [0.15, 0.2) is 18.2 Å². The number of piperidine rings is 1. The second-order valence-electron chi connectivity index (χ2n) is 6.05. The van der Waals surface area contributed by atoms with Gasteiger partial charge in [-0.2, -0.15) is 0 Å². The standard InChI is InChI=1S/C16H23FN2O2/c1-4-21-13-7-6-11(10-12(13)17)19-15(20)14-16(2,3)8-5-9-18-14/h6-7,10,14,18H,4-5,8-9H2,1-3H3,(H,19,20). The highest BCUT2D eigenvalue weighted by molar-refractivity contribution is 5.95. The maximum atomic E-state index is 13.8. The average Bonchev–Trinajstić information content (AvgIpc) is 2.41. The van der Waals surface area contributed by atoms with Crippen LogP contribution in [0.25, 0.3) is 0 Å². The van der Waals surface area contributed by atoms with Crippen LogP contribution >= 0.6 is 0 Å². The van der Waals surface area contributed by atoms with Crippen molar-refractivity contribution in [3.8, 4) is 5.75 Å². The molecule has 21 heavy (non-hydrogen) atoms. The summed E-state index contributed by atoms with van der Waals surface area (Å²) >= 11 is 0. The van der Waals surface area contributed by atoms with Gasteiger partial charge >= 0.3 is 0 Å². The lowest BCUT2D eigenvalue weighted by atomic mass is 9.77. The molecule has 1 unspecified atom stereocenters. The van der Waals surface area contributed by atoms with Crippen LogP contribution in [0.5, 0.6) is 5.75 Å². The SMILES string of the molecule is CCOc1ccc(NC(=O)C2NCCCC2(C)C)cc1F. The van der Waals surface area contributed by atoms with Crippen molar-refractivity contribution in [1.29, 1.82) is 0 Å². The molecule has 1 aliphatic heterocycles. The van der Waals surface area contributed by atoms with E-state index in [4.69, 9.17) is 4.74 Å². The summed E-state index contributed by atoms with van der Waals surface area (Å²) in [4.78, 5) is 12.4. The molecule has 0 aromatic heterocycles. The molecule has 5 heteroatoms. The Morgan fingerprint density at radius 2 is 2.29 bits per heavy atom. The van der Waals surface area contributed by atoms with Crippen molar-refractivity contribution in [2.45, 2.75) is 39.7 Å². The Kier molecular flexibility index (Phi) is 4.83. The lowest BCUT2D eigenvalue weighted by Gasteiger charge is -2.38. The second kappa shape index (κ2) is 6.43. The molecule has 1 atom stereocenters.